The number of benzene rings is 1. The number of primary amides is 1. The number of carbonyl (C=O) groups excluding carboxylic acids is 1. The Morgan fingerprint density at radius 2 is 2.23 bits per heavy atom. The predicted octanol–water partition coefficient (Wildman–Crippen LogP) is 0.977. The van der Waals surface area contributed by atoms with Gasteiger partial charge in [-0.3, -0.25) is 4.79 Å². The van der Waals surface area contributed by atoms with Gasteiger partial charge in [-0.1, -0.05) is 17.4 Å². The summed E-state index contributed by atoms with van der Waals surface area (Å²) < 4.78 is 0.757. The second-order valence-corrected chi connectivity index (χ2v) is 3.60. The van der Waals surface area contributed by atoms with E-state index in [2.05, 4.69) is 4.98 Å². The summed E-state index contributed by atoms with van der Waals surface area (Å²) in [5, 5.41) is 0.448. The average molecular weight is 193 g/mol. The number of nitrogen functional groups attached to an aromatic ring is 1. The third-order valence-corrected chi connectivity index (χ3v) is 2.63. The smallest absolute Gasteiger partial charge is 0.250 e. The van der Waals surface area contributed by atoms with Crippen LogP contribution in [-0.2, 0) is 0 Å². The topological polar surface area (TPSA) is 82.0 Å². The molecule has 13 heavy (non-hydrogen) atoms. The number of nitrogens with zero attached hydrogens (tertiary/aromatic N) is 1. The number of rotatable bonds is 1. The maximum absolute atomic E-state index is 11.0. The monoisotopic (exact) mass is 193 g/mol. The van der Waals surface area contributed by atoms with Gasteiger partial charge < -0.3 is 11.5 Å². The van der Waals surface area contributed by atoms with Gasteiger partial charge in [0.1, 0.15) is 0 Å². The normalized spacial score (nSPS) is 10.5. The Morgan fingerprint density at radius 3 is 2.92 bits per heavy atom. The van der Waals surface area contributed by atoms with Crippen molar-refractivity contribution >= 4 is 32.6 Å². The lowest BCUT2D eigenvalue weighted by molar-refractivity contribution is 0.100. The minimum atomic E-state index is -0.450. The molecule has 5 heteroatoms. The van der Waals surface area contributed by atoms with Gasteiger partial charge >= 0.3 is 0 Å². The maximum atomic E-state index is 11.0. The van der Waals surface area contributed by atoms with Crippen LogP contribution in [0, 0.1) is 0 Å². The van der Waals surface area contributed by atoms with Crippen molar-refractivity contribution in [1.29, 1.82) is 0 Å². The zero-order valence-corrected chi connectivity index (χ0v) is 7.47. The van der Waals surface area contributed by atoms with E-state index in [4.69, 9.17) is 11.5 Å². The van der Waals surface area contributed by atoms with Crippen LogP contribution in [0.2, 0.25) is 0 Å². The lowest BCUT2D eigenvalue weighted by Gasteiger charge is -1.94. The highest BCUT2D eigenvalue weighted by Gasteiger charge is 2.09. The third-order valence-electron chi connectivity index (χ3n) is 1.70. The van der Waals surface area contributed by atoms with Gasteiger partial charge in [-0.15, -0.1) is 0 Å². The average Bonchev–Trinajstić information content (AvgIpc) is 2.43. The molecule has 0 aliphatic rings. The highest BCUT2D eigenvalue weighted by molar-refractivity contribution is 7.22. The van der Waals surface area contributed by atoms with Crippen molar-refractivity contribution in [2.24, 2.45) is 5.73 Å². The van der Waals surface area contributed by atoms with Crippen molar-refractivity contribution in [2.75, 3.05) is 5.73 Å². The highest BCUT2D eigenvalue weighted by Crippen LogP contribution is 2.26. The van der Waals surface area contributed by atoms with Crippen molar-refractivity contribution in [3.63, 3.8) is 0 Å². The Morgan fingerprint density at radius 1 is 1.46 bits per heavy atom. The van der Waals surface area contributed by atoms with Crippen LogP contribution in [-0.4, -0.2) is 10.9 Å². The van der Waals surface area contributed by atoms with Crippen LogP contribution in [0.3, 0.4) is 0 Å². The number of nitrogens with two attached hydrogens (primary N) is 2. The fraction of sp³-hybridized carbons (Fsp3) is 0. The molecule has 66 valence electrons. The second-order valence-electron chi connectivity index (χ2n) is 2.57. The van der Waals surface area contributed by atoms with Crippen LogP contribution in [0.1, 0.15) is 10.4 Å². The van der Waals surface area contributed by atoms with Crippen molar-refractivity contribution in [3.05, 3.63) is 23.8 Å². The van der Waals surface area contributed by atoms with Crippen LogP contribution in [0.25, 0.3) is 10.2 Å². The van der Waals surface area contributed by atoms with E-state index in [0.29, 0.717) is 10.7 Å². The first-order valence-corrected chi connectivity index (χ1v) is 4.45. The van der Waals surface area contributed by atoms with E-state index in [0.717, 1.165) is 10.2 Å². The summed E-state index contributed by atoms with van der Waals surface area (Å²) in [6.07, 6.45) is 0. The maximum Gasteiger partial charge on any atom is 0.250 e. The molecule has 0 atom stereocenters. The molecule has 0 saturated heterocycles. The van der Waals surface area contributed by atoms with E-state index in [1.807, 2.05) is 0 Å². The second kappa shape index (κ2) is 2.70. The number of hydrogen-bond acceptors (Lipinski definition) is 4. The Hall–Kier alpha value is -1.62. The van der Waals surface area contributed by atoms with Gasteiger partial charge in [0, 0.05) is 0 Å². The first-order valence-electron chi connectivity index (χ1n) is 3.63. The Kier molecular flexibility index (Phi) is 1.66. The van der Waals surface area contributed by atoms with E-state index < -0.39 is 5.91 Å². The number of anilines is 1. The van der Waals surface area contributed by atoms with E-state index in [9.17, 15) is 4.79 Å². The SMILES string of the molecule is NC(=O)c1cccc2nc(N)sc12. The van der Waals surface area contributed by atoms with Gasteiger partial charge in [0.25, 0.3) is 0 Å². The largest absolute Gasteiger partial charge is 0.375 e. The van der Waals surface area contributed by atoms with E-state index in [-0.39, 0.29) is 0 Å². The minimum Gasteiger partial charge on any atom is -0.375 e. The molecule has 0 radical (unpaired) electrons. The molecular formula is C8H7N3OS. The standard InChI is InChI=1S/C8H7N3OS/c9-7(12)4-2-1-3-5-6(4)13-8(10)11-5/h1-3H,(H2,9,12)(H2,10,11). The van der Waals surface area contributed by atoms with Crippen molar-refractivity contribution in [1.82, 2.24) is 4.98 Å². The van der Waals surface area contributed by atoms with Crippen LogP contribution < -0.4 is 11.5 Å². The molecule has 0 saturated carbocycles. The molecule has 0 bridgehead atoms. The van der Waals surface area contributed by atoms with Gasteiger partial charge in [-0.05, 0) is 12.1 Å². The molecule has 0 aliphatic heterocycles. The lowest BCUT2D eigenvalue weighted by Crippen LogP contribution is -2.10. The summed E-state index contributed by atoms with van der Waals surface area (Å²) in [6.45, 7) is 0. The summed E-state index contributed by atoms with van der Waals surface area (Å²) >= 11 is 1.27. The Labute approximate surface area is 78.2 Å². The van der Waals surface area contributed by atoms with Gasteiger partial charge in [0.05, 0.1) is 15.8 Å². The van der Waals surface area contributed by atoms with Crippen molar-refractivity contribution < 1.29 is 4.79 Å². The number of aromatic nitrogens is 1. The molecule has 2 rings (SSSR count). The number of amides is 1. The number of hydrogen-bond donors (Lipinski definition) is 2. The summed E-state index contributed by atoms with van der Waals surface area (Å²) in [6, 6.07) is 5.21. The molecule has 4 nitrogen and oxygen atoms in total. The van der Waals surface area contributed by atoms with Crippen LogP contribution in [0.4, 0.5) is 5.13 Å². The first-order chi connectivity index (χ1) is 6.18. The van der Waals surface area contributed by atoms with E-state index in [1.54, 1.807) is 18.2 Å². The Bertz CT molecular complexity index is 477. The predicted molar refractivity (Wildman–Crippen MR) is 52.6 cm³/mol. The van der Waals surface area contributed by atoms with E-state index >= 15 is 0 Å². The van der Waals surface area contributed by atoms with Gasteiger partial charge in [-0.2, -0.15) is 0 Å². The van der Waals surface area contributed by atoms with Gasteiger partial charge in [-0.25, -0.2) is 4.98 Å². The molecular weight excluding hydrogens is 186 g/mol. The zero-order valence-electron chi connectivity index (χ0n) is 6.65. The molecule has 1 aromatic heterocycles. The van der Waals surface area contributed by atoms with Crippen LogP contribution in [0.5, 0.6) is 0 Å². The molecule has 0 spiro atoms. The van der Waals surface area contributed by atoms with Gasteiger partial charge in [0.15, 0.2) is 5.13 Å². The van der Waals surface area contributed by atoms with Crippen molar-refractivity contribution in [2.45, 2.75) is 0 Å². The lowest BCUT2D eigenvalue weighted by atomic mass is 10.2. The number of fused-ring (bicyclic) bond motifs is 1. The number of carbonyl (C=O) groups is 1. The fourth-order valence-electron chi connectivity index (χ4n) is 1.16. The van der Waals surface area contributed by atoms with Crippen molar-refractivity contribution in [3.8, 4) is 0 Å². The molecule has 2 aromatic rings. The summed E-state index contributed by atoms with van der Waals surface area (Å²) in [5.41, 5.74) is 11.9. The molecule has 1 amide bonds. The number of thiazole rings is 1. The molecule has 0 aliphatic carbocycles. The Balaban J connectivity index is 2.82. The van der Waals surface area contributed by atoms with Crippen LogP contribution in [0.15, 0.2) is 18.2 Å². The quantitative estimate of drug-likeness (QED) is 0.708. The molecule has 1 heterocycles. The summed E-state index contributed by atoms with van der Waals surface area (Å²) in [5.74, 6) is -0.450. The zero-order chi connectivity index (χ0) is 9.42. The van der Waals surface area contributed by atoms with Gasteiger partial charge in [0.2, 0.25) is 5.91 Å². The fourth-order valence-corrected chi connectivity index (χ4v) is 2.01. The third kappa shape index (κ3) is 1.23. The minimum absolute atomic E-state index is 0.448. The van der Waals surface area contributed by atoms with Crippen LogP contribution >= 0.6 is 11.3 Å². The molecule has 1 aromatic carbocycles. The summed E-state index contributed by atoms with van der Waals surface area (Å²) in [7, 11) is 0. The molecule has 0 fully saturated rings. The highest BCUT2D eigenvalue weighted by atomic mass is 32.1. The molecule has 0 unspecified atom stereocenters. The summed E-state index contributed by atoms with van der Waals surface area (Å²) in [4.78, 5) is 15.0. The first kappa shape index (κ1) is 8.00. The van der Waals surface area contributed by atoms with E-state index in [1.165, 1.54) is 11.3 Å². The molecule has 4 N–H and O–H groups in total.